The van der Waals surface area contributed by atoms with E-state index in [0.717, 1.165) is 0 Å². The Kier molecular flexibility index (Phi) is 5.87. The van der Waals surface area contributed by atoms with Gasteiger partial charge < -0.3 is 21.0 Å². The lowest BCUT2D eigenvalue weighted by molar-refractivity contribution is -0.406. The maximum atomic E-state index is 11.3. The van der Waals surface area contributed by atoms with Gasteiger partial charge in [0.05, 0.1) is 0 Å². The van der Waals surface area contributed by atoms with Crippen molar-refractivity contribution in [3.05, 3.63) is 0 Å². The van der Waals surface area contributed by atoms with E-state index in [0.29, 0.717) is 12.3 Å². The Labute approximate surface area is 83.7 Å². The summed E-state index contributed by atoms with van der Waals surface area (Å²) >= 11 is 0. The number of hydrogen-bond donors (Lipinski definition) is 2. The molecule has 0 saturated carbocycles. The van der Waals surface area contributed by atoms with Crippen LogP contribution in [0, 0.1) is 5.92 Å². The standard InChI is InChI=1S/C9H18N2O3/c1-6(2)5-7(10)9(14)11-4-3-8(12)13/h6-7H,3-5,10H2,1-2H3,(H,11,14)(H,12,13)/t7-/m0/s1. The third-order valence-electron chi connectivity index (χ3n) is 1.76. The van der Waals surface area contributed by atoms with Crippen LogP contribution in [0.15, 0.2) is 0 Å². The van der Waals surface area contributed by atoms with E-state index in [4.69, 9.17) is 0 Å². The minimum absolute atomic E-state index is 0.116. The lowest BCUT2D eigenvalue weighted by Gasteiger charge is -2.11. The van der Waals surface area contributed by atoms with Crippen molar-refractivity contribution in [2.45, 2.75) is 32.7 Å². The average Bonchev–Trinajstić information content (AvgIpc) is 2.01. The van der Waals surface area contributed by atoms with Crippen LogP contribution >= 0.6 is 0 Å². The third-order valence-corrected chi connectivity index (χ3v) is 1.76. The fraction of sp³-hybridized carbons (Fsp3) is 0.778. The van der Waals surface area contributed by atoms with Crippen molar-refractivity contribution in [3.8, 4) is 0 Å². The fourth-order valence-electron chi connectivity index (χ4n) is 1.11. The molecule has 0 aromatic rings. The highest BCUT2D eigenvalue weighted by Gasteiger charge is 2.17. The zero-order valence-electron chi connectivity index (χ0n) is 8.71. The Morgan fingerprint density at radius 3 is 2.43 bits per heavy atom. The monoisotopic (exact) mass is 202 g/mol. The number of hydrogen-bond acceptors (Lipinski definition) is 3. The molecular formula is C9H18N2O3. The number of carbonyl (C=O) groups is 2. The molecule has 0 aliphatic heterocycles. The molecule has 4 N–H and O–H groups in total. The molecule has 1 amide bonds. The van der Waals surface area contributed by atoms with Gasteiger partial charge in [-0.3, -0.25) is 4.79 Å². The molecule has 0 aromatic carbocycles. The Morgan fingerprint density at radius 2 is 2.00 bits per heavy atom. The first-order valence-electron chi connectivity index (χ1n) is 4.74. The molecule has 1 atom stereocenters. The molecule has 0 unspecified atom stereocenters. The lowest BCUT2D eigenvalue weighted by atomic mass is 10.0. The SMILES string of the molecule is CC(C)C[C@H]([NH3+])C(=O)NCCC(=O)[O-]. The molecular weight excluding hydrogens is 184 g/mol. The molecule has 14 heavy (non-hydrogen) atoms. The van der Waals surface area contributed by atoms with Crippen LogP contribution in [0.2, 0.25) is 0 Å². The topological polar surface area (TPSA) is 96.9 Å². The second-order valence-electron chi connectivity index (χ2n) is 3.74. The van der Waals surface area contributed by atoms with Gasteiger partial charge in [-0.25, -0.2) is 0 Å². The highest BCUT2D eigenvalue weighted by Crippen LogP contribution is 2.00. The van der Waals surface area contributed by atoms with Gasteiger partial charge in [-0.1, -0.05) is 13.8 Å². The molecule has 0 saturated heterocycles. The summed E-state index contributed by atoms with van der Waals surface area (Å²) in [5, 5.41) is 12.5. The first-order valence-corrected chi connectivity index (χ1v) is 4.74. The highest BCUT2D eigenvalue weighted by atomic mass is 16.4. The van der Waals surface area contributed by atoms with E-state index < -0.39 is 5.97 Å². The van der Waals surface area contributed by atoms with Crippen LogP contribution in [0.25, 0.3) is 0 Å². The normalized spacial score (nSPS) is 12.6. The van der Waals surface area contributed by atoms with Gasteiger partial charge in [-0.05, 0) is 5.92 Å². The van der Waals surface area contributed by atoms with E-state index >= 15 is 0 Å². The van der Waals surface area contributed by atoms with E-state index in [2.05, 4.69) is 11.1 Å². The summed E-state index contributed by atoms with van der Waals surface area (Å²) in [5.41, 5.74) is 3.70. The molecule has 5 nitrogen and oxygen atoms in total. The molecule has 0 rings (SSSR count). The largest absolute Gasteiger partial charge is 0.550 e. The minimum atomic E-state index is -1.16. The number of aliphatic carboxylic acids is 1. The molecule has 0 aliphatic rings. The maximum Gasteiger partial charge on any atom is 0.278 e. The van der Waals surface area contributed by atoms with Crippen LogP contribution in [0.4, 0.5) is 0 Å². The number of amides is 1. The van der Waals surface area contributed by atoms with E-state index in [9.17, 15) is 14.7 Å². The average molecular weight is 202 g/mol. The Hall–Kier alpha value is -1.10. The third kappa shape index (κ3) is 6.42. The van der Waals surface area contributed by atoms with Gasteiger partial charge >= 0.3 is 0 Å². The van der Waals surface area contributed by atoms with Gasteiger partial charge in [0, 0.05) is 25.4 Å². The first kappa shape index (κ1) is 12.9. The molecule has 0 aromatic heterocycles. The van der Waals surface area contributed by atoms with Crippen molar-refractivity contribution in [2.75, 3.05) is 6.54 Å². The van der Waals surface area contributed by atoms with Gasteiger partial charge in [0.25, 0.3) is 5.91 Å². The van der Waals surface area contributed by atoms with Gasteiger partial charge in [-0.15, -0.1) is 0 Å². The zero-order valence-corrected chi connectivity index (χ0v) is 8.71. The number of nitrogens with one attached hydrogen (secondary N) is 1. The Balaban J connectivity index is 3.67. The second kappa shape index (κ2) is 6.37. The molecule has 0 radical (unpaired) electrons. The highest BCUT2D eigenvalue weighted by molar-refractivity contribution is 5.80. The van der Waals surface area contributed by atoms with Crippen LogP contribution in [-0.2, 0) is 9.59 Å². The van der Waals surface area contributed by atoms with Gasteiger partial charge in [0.15, 0.2) is 6.04 Å². The van der Waals surface area contributed by atoms with Crippen LogP contribution in [0.1, 0.15) is 26.7 Å². The summed E-state index contributed by atoms with van der Waals surface area (Å²) in [6, 6.07) is -0.309. The molecule has 0 bridgehead atoms. The van der Waals surface area contributed by atoms with Crippen LogP contribution < -0.4 is 16.2 Å². The summed E-state index contributed by atoms with van der Waals surface area (Å²) in [6.45, 7) is 4.13. The van der Waals surface area contributed by atoms with Gasteiger partial charge in [-0.2, -0.15) is 0 Å². The van der Waals surface area contributed by atoms with Crippen LogP contribution in [-0.4, -0.2) is 24.5 Å². The van der Waals surface area contributed by atoms with E-state index in [1.54, 1.807) is 0 Å². The summed E-state index contributed by atoms with van der Waals surface area (Å²) in [4.78, 5) is 21.3. The van der Waals surface area contributed by atoms with Crippen LogP contribution in [0.3, 0.4) is 0 Å². The van der Waals surface area contributed by atoms with Crippen molar-refractivity contribution in [2.24, 2.45) is 5.92 Å². The van der Waals surface area contributed by atoms with Crippen molar-refractivity contribution < 1.29 is 20.4 Å². The summed E-state index contributed by atoms with van der Waals surface area (Å²) in [5.74, 6) is -0.945. The predicted molar refractivity (Wildman–Crippen MR) is 48.8 cm³/mol. The van der Waals surface area contributed by atoms with E-state index in [1.165, 1.54) is 0 Å². The molecule has 82 valence electrons. The van der Waals surface area contributed by atoms with Crippen molar-refractivity contribution in [1.29, 1.82) is 0 Å². The fourth-order valence-corrected chi connectivity index (χ4v) is 1.11. The van der Waals surface area contributed by atoms with E-state index in [1.807, 2.05) is 13.8 Å². The van der Waals surface area contributed by atoms with Crippen molar-refractivity contribution in [1.82, 2.24) is 5.32 Å². The van der Waals surface area contributed by atoms with Crippen molar-refractivity contribution >= 4 is 11.9 Å². The number of carboxylic acids is 1. The van der Waals surface area contributed by atoms with Gasteiger partial charge in [0.1, 0.15) is 0 Å². The maximum absolute atomic E-state index is 11.3. The Bertz CT molecular complexity index is 204. The molecule has 0 aliphatic carbocycles. The first-order chi connectivity index (χ1) is 6.43. The summed E-state index contributed by atoms with van der Waals surface area (Å²) in [6.07, 6.45) is 0.553. The molecule has 0 heterocycles. The van der Waals surface area contributed by atoms with Crippen molar-refractivity contribution in [3.63, 3.8) is 0 Å². The second-order valence-corrected chi connectivity index (χ2v) is 3.74. The number of carbonyl (C=O) groups excluding carboxylic acids is 2. The number of rotatable bonds is 6. The summed E-state index contributed by atoms with van der Waals surface area (Å²) < 4.78 is 0. The van der Waals surface area contributed by atoms with Crippen LogP contribution in [0.5, 0.6) is 0 Å². The molecule has 5 heteroatoms. The Morgan fingerprint density at radius 1 is 1.43 bits per heavy atom. The smallest absolute Gasteiger partial charge is 0.278 e. The van der Waals surface area contributed by atoms with Gasteiger partial charge in [0.2, 0.25) is 0 Å². The zero-order chi connectivity index (χ0) is 11.1. The lowest BCUT2D eigenvalue weighted by Crippen LogP contribution is -2.67. The predicted octanol–water partition coefficient (Wildman–Crippen LogP) is -2.10. The number of carboxylic acid groups (broad SMARTS) is 1. The molecule has 0 spiro atoms. The quantitative estimate of drug-likeness (QED) is 0.516. The number of quaternary nitrogens is 1. The summed E-state index contributed by atoms with van der Waals surface area (Å²) in [7, 11) is 0. The van der Waals surface area contributed by atoms with E-state index in [-0.39, 0.29) is 24.9 Å². The molecule has 0 fully saturated rings. The minimum Gasteiger partial charge on any atom is -0.550 e.